The monoisotopic (exact) mass is 301 g/mol. The molecule has 5 nitrogen and oxygen atoms in total. The van der Waals surface area contributed by atoms with Gasteiger partial charge in [-0.3, -0.25) is 4.79 Å². The van der Waals surface area contributed by atoms with Crippen LogP contribution in [0.15, 0.2) is 0 Å². The number of amides is 3. The van der Waals surface area contributed by atoms with Crippen molar-refractivity contribution in [2.75, 3.05) is 32.7 Å². The Morgan fingerprint density at radius 3 is 2.33 bits per heavy atom. The molecule has 21 heavy (non-hydrogen) atoms. The lowest BCUT2D eigenvalue weighted by molar-refractivity contribution is -0.129. The number of hydrogen-bond acceptors (Lipinski definition) is 2. The highest BCUT2D eigenvalue weighted by atomic mass is 19.3. The molecule has 2 saturated heterocycles. The Bertz CT molecular complexity index is 467. The van der Waals surface area contributed by atoms with Crippen LogP contribution in [-0.4, -0.2) is 60.4 Å². The summed E-state index contributed by atoms with van der Waals surface area (Å²) in [6.45, 7) is 5.27. The molecule has 0 aromatic rings. The largest absolute Gasteiger partial charge is 0.341 e. The average Bonchev–Trinajstić information content (AvgIpc) is 2.84. The van der Waals surface area contributed by atoms with E-state index in [1.807, 2.05) is 0 Å². The maximum absolute atomic E-state index is 13.0. The molecule has 3 fully saturated rings. The molecule has 1 aliphatic carbocycles. The van der Waals surface area contributed by atoms with Crippen molar-refractivity contribution >= 4 is 11.9 Å². The number of hydrogen-bond donors (Lipinski definition) is 1. The molecule has 0 spiro atoms. The van der Waals surface area contributed by atoms with Crippen LogP contribution in [0.4, 0.5) is 13.6 Å². The second-order valence-electron chi connectivity index (χ2n) is 7.02. The highest BCUT2D eigenvalue weighted by molar-refractivity contribution is 5.84. The topological polar surface area (TPSA) is 52.7 Å². The molecular weight excluding hydrogens is 280 g/mol. The van der Waals surface area contributed by atoms with Crippen molar-refractivity contribution in [3.8, 4) is 0 Å². The third-order valence-corrected chi connectivity index (χ3v) is 5.32. The molecule has 3 rings (SSSR count). The van der Waals surface area contributed by atoms with Gasteiger partial charge in [-0.25, -0.2) is 13.6 Å². The molecule has 0 aromatic carbocycles. The summed E-state index contributed by atoms with van der Waals surface area (Å²) in [5.41, 5.74) is 0.334. The highest BCUT2D eigenvalue weighted by Gasteiger charge is 2.62. The number of fused-ring (bicyclic) bond motifs is 1. The first-order valence-electron chi connectivity index (χ1n) is 7.39. The lowest BCUT2D eigenvalue weighted by Gasteiger charge is -2.23. The smallest absolute Gasteiger partial charge is 0.318 e. The van der Waals surface area contributed by atoms with Gasteiger partial charge in [0, 0.05) is 26.1 Å². The third-order valence-electron chi connectivity index (χ3n) is 5.32. The molecule has 3 aliphatic rings. The number of likely N-dealkylation sites (tertiary alicyclic amines) is 2. The van der Waals surface area contributed by atoms with Crippen molar-refractivity contribution in [2.24, 2.45) is 17.3 Å². The maximum Gasteiger partial charge on any atom is 0.318 e. The Kier molecular flexibility index (Phi) is 3.15. The number of piperidine rings is 1. The number of nitrogens with one attached hydrogen (secondary N) is 1. The van der Waals surface area contributed by atoms with Crippen molar-refractivity contribution in [1.82, 2.24) is 15.1 Å². The molecule has 118 valence electrons. The van der Waals surface area contributed by atoms with Gasteiger partial charge in [0.1, 0.15) is 0 Å². The maximum atomic E-state index is 13.0. The van der Waals surface area contributed by atoms with Gasteiger partial charge in [-0.2, -0.15) is 0 Å². The minimum absolute atomic E-state index is 0.0368. The first-order chi connectivity index (χ1) is 9.71. The second kappa shape index (κ2) is 4.55. The lowest BCUT2D eigenvalue weighted by Crippen LogP contribution is -2.45. The standard InChI is InChI=1S/C14H21F2N3O2/c1-13(2)9-6-19(7-10(9)13)11(20)5-17-12(21)18-4-3-14(15,16)8-18/h9-10H,3-8H2,1-2H3,(H,17,21). The first-order valence-corrected chi connectivity index (χ1v) is 7.39. The van der Waals surface area contributed by atoms with E-state index >= 15 is 0 Å². The number of rotatable bonds is 2. The van der Waals surface area contributed by atoms with Crippen molar-refractivity contribution in [3.63, 3.8) is 0 Å². The van der Waals surface area contributed by atoms with Crippen molar-refractivity contribution in [1.29, 1.82) is 0 Å². The quantitative estimate of drug-likeness (QED) is 0.832. The molecule has 3 amide bonds. The summed E-state index contributed by atoms with van der Waals surface area (Å²) < 4.78 is 26.0. The van der Waals surface area contributed by atoms with Crippen LogP contribution >= 0.6 is 0 Å². The lowest BCUT2D eigenvalue weighted by atomic mass is 10.1. The van der Waals surface area contributed by atoms with Crippen LogP contribution in [0.25, 0.3) is 0 Å². The summed E-state index contributed by atoms with van der Waals surface area (Å²) in [7, 11) is 0. The number of nitrogens with zero attached hydrogens (tertiary/aromatic N) is 2. The Morgan fingerprint density at radius 1 is 1.19 bits per heavy atom. The zero-order chi connectivity index (χ0) is 15.4. The van der Waals surface area contributed by atoms with Crippen LogP contribution in [0, 0.1) is 17.3 Å². The van der Waals surface area contributed by atoms with Crippen LogP contribution in [0.5, 0.6) is 0 Å². The number of alkyl halides is 2. The Morgan fingerprint density at radius 2 is 1.81 bits per heavy atom. The van der Waals surface area contributed by atoms with Crippen LogP contribution in [0.3, 0.4) is 0 Å². The van der Waals surface area contributed by atoms with E-state index in [0.29, 0.717) is 17.3 Å². The van der Waals surface area contributed by atoms with Crippen LogP contribution in [0.2, 0.25) is 0 Å². The van der Waals surface area contributed by atoms with Gasteiger partial charge >= 0.3 is 6.03 Å². The van der Waals surface area contributed by atoms with Crippen molar-refractivity contribution in [3.05, 3.63) is 0 Å². The second-order valence-corrected chi connectivity index (χ2v) is 7.02. The fourth-order valence-corrected chi connectivity index (χ4v) is 3.62. The van der Waals surface area contributed by atoms with Gasteiger partial charge in [0.15, 0.2) is 0 Å². The molecule has 2 heterocycles. The van der Waals surface area contributed by atoms with E-state index in [4.69, 9.17) is 0 Å². The van der Waals surface area contributed by atoms with Gasteiger partial charge < -0.3 is 15.1 Å². The van der Waals surface area contributed by atoms with Gasteiger partial charge in [-0.05, 0) is 17.3 Å². The SMILES string of the molecule is CC1(C)C2CN(C(=O)CNC(=O)N3CCC(F)(F)C3)CC21. The van der Waals surface area contributed by atoms with E-state index in [9.17, 15) is 18.4 Å². The predicted molar refractivity (Wildman–Crippen MR) is 71.9 cm³/mol. The third kappa shape index (κ3) is 2.58. The number of urea groups is 1. The molecule has 2 atom stereocenters. The number of carbonyl (C=O) groups is 2. The molecule has 0 radical (unpaired) electrons. The number of halogens is 2. The predicted octanol–water partition coefficient (Wildman–Crippen LogP) is 1.15. The van der Waals surface area contributed by atoms with Crippen LogP contribution in [0.1, 0.15) is 20.3 Å². The Labute approximate surface area is 122 Å². The first kappa shape index (κ1) is 14.5. The molecule has 0 bridgehead atoms. The normalized spacial score (nSPS) is 32.0. The summed E-state index contributed by atoms with van der Waals surface area (Å²) in [5.74, 6) is -1.80. The zero-order valence-corrected chi connectivity index (χ0v) is 12.4. The fraction of sp³-hybridized carbons (Fsp3) is 0.857. The minimum Gasteiger partial charge on any atom is -0.341 e. The van der Waals surface area contributed by atoms with Crippen LogP contribution in [-0.2, 0) is 4.79 Å². The summed E-state index contributed by atoms with van der Waals surface area (Å²) in [6.07, 6.45) is -0.307. The Balaban J connectivity index is 1.42. The van der Waals surface area contributed by atoms with E-state index in [0.717, 1.165) is 18.0 Å². The van der Waals surface area contributed by atoms with E-state index < -0.39 is 18.5 Å². The van der Waals surface area contributed by atoms with Crippen LogP contribution < -0.4 is 5.32 Å². The molecule has 2 unspecified atom stereocenters. The van der Waals surface area contributed by atoms with Crippen molar-refractivity contribution < 1.29 is 18.4 Å². The van der Waals surface area contributed by atoms with E-state index in [1.165, 1.54) is 0 Å². The molecule has 1 saturated carbocycles. The molecule has 2 aliphatic heterocycles. The average molecular weight is 301 g/mol. The summed E-state index contributed by atoms with van der Waals surface area (Å²) in [5, 5.41) is 2.45. The number of carbonyl (C=O) groups excluding carboxylic acids is 2. The van der Waals surface area contributed by atoms with E-state index in [2.05, 4.69) is 19.2 Å². The summed E-state index contributed by atoms with van der Waals surface area (Å²) in [6, 6.07) is -0.579. The van der Waals surface area contributed by atoms with Gasteiger partial charge in [0.05, 0.1) is 13.1 Å². The molecular formula is C14H21F2N3O2. The fourth-order valence-electron chi connectivity index (χ4n) is 3.62. The zero-order valence-electron chi connectivity index (χ0n) is 12.4. The van der Waals surface area contributed by atoms with Gasteiger partial charge in [0.25, 0.3) is 5.92 Å². The van der Waals surface area contributed by atoms with Gasteiger partial charge in [0.2, 0.25) is 5.91 Å². The van der Waals surface area contributed by atoms with Gasteiger partial charge in [-0.1, -0.05) is 13.8 Å². The minimum atomic E-state index is -2.80. The Hall–Kier alpha value is -1.40. The summed E-state index contributed by atoms with van der Waals surface area (Å²) >= 11 is 0. The highest BCUT2D eigenvalue weighted by Crippen LogP contribution is 2.61. The van der Waals surface area contributed by atoms with Gasteiger partial charge in [-0.15, -0.1) is 0 Å². The van der Waals surface area contributed by atoms with E-state index in [1.54, 1.807) is 4.90 Å². The molecule has 0 aromatic heterocycles. The summed E-state index contributed by atoms with van der Waals surface area (Å²) in [4.78, 5) is 26.6. The molecule has 7 heteroatoms. The molecule has 1 N–H and O–H groups in total. The van der Waals surface area contributed by atoms with Crippen molar-refractivity contribution in [2.45, 2.75) is 26.2 Å². The van der Waals surface area contributed by atoms with E-state index in [-0.39, 0.29) is 25.4 Å².